The van der Waals surface area contributed by atoms with E-state index in [9.17, 15) is 9.90 Å². The molecule has 3 rings (SSSR count). The van der Waals surface area contributed by atoms with Gasteiger partial charge in [-0.3, -0.25) is 0 Å². The number of aliphatic hydroxyl groups is 1. The van der Waals surface area contributed by atoms with Crippen molar-refractivity contribution in [2.45, 2.75) is 18.4 Å². The van der Waals surface area contributed by atoms with E-state index >= 15 is 0 Å². The second kappa shape index (κ2) is 6.21. The number of hydrogen-bond donors (Lipinski definition) is 2. The number of nitrogens with zero attached hydrogens (tertiary/aromatic N) is 3. The van der Waals surface area contributed by atoms with Crippen molar-refractivity contribution in [2.75, 3.05) is 18.0 Å². The van der Waals surface area contributed by atoms with Crippen LogP contribution in [0.3, 0.4) is 0 Å². The Morgan fingerprint density at radius 1 is 1.26 bits per heavy atom. The number of piperidine rings is 1. The number of para-hydroxylation sites is 1. The molecular formula is C16H17N3O4. The Bertz CT molecular complexity index is 695. The van der Waals surface area contributed by atoms with Crippen LogP contribution in [0.15, 0.2) is 42.6 Å². The summed E-state index contributed by atoms with van der Waals surface area (Å²) < 4.78 is 5.65. The van der Waals surface area contributed by atoms with Crippen molar-refractivity contribution >= 4 is 11.9 Å². The highest BCUT2D eigenvalue weighted by Gasteiger charge is 2.41. The lowest BCUT2D eigenvalue weighted by Crippen LogP contribution is -2.53. The Hall–Kier alpha value is -2.67. The smallest absolute Gasteiger partial charge is 0.337 e. The van der Waals surface area contributed by atoms with E-state index < -0.39 is 11.6 Å². The van der Waals surface area contributed by atoms with Crippen LogP contribution in [-0.2, 0) is 4.79 Å². The van der Waals surface area contributed by atoms with Crippen LogP contribution >= 0.6 is 0 Å². The van der Waals surface area contributed by atoms with E-state index in [1.807, 2.05) is 30.3 Å². The lowest BCUT2D eigenvalue weighted by molar-refractivity contribution is -0.159. The number of β-amino-alcohol motifs (C(OH)–C–C–N with tert-alkyl or cyclic N) is 1. The molecule has 120 valence electrons. The van der Waals surface area contributed by atoms with E-state index in [-0.39, 0.29) is 13.0 Å². The molecule has 2 N–H and O–H groups in total. The highest BCUT2D eigenvalue weighted by Crippen LogP contribution is 2.26. The molecule has 0 bridgehead atoms. The number of aromatic nitrogens is 2. The average molecular weight is 315 g/mol. The zero-order chi connectivity index (χ0) is 16.3. The summed E-state index contributed by atoms with van der Waals surface area (Å²) >= 11 is 0. The molecule has 1 aromatic heterocycles. The minimum Gasteiger partial charge on any atom is -0.479 e. The zero-order valence-corrected chi connectivity index (χ0v) is 12.4. The molecule has 0 radical (unpaired) electrons. The van der Waals surface area contributed by atoms with Gasteiger partial charge in [0, 0.05) is 18.8 Å². The molecule has 7 heteroatoms. The van der Waals surface area contributed by atoms with Crippen LogP contribution in [0.2, 0.25) is 0 Å². The maximum absolute atomic E-state index is 11.2. The molecule has 0 amide bonds. The lowest BCUT2D eigenvalue weighted by Gasteiger charge is -2.36. The first kappa shape index (κ1) is 15.2. The van der Waals surface area contributed by atoms with Crippen molar-refractivity contribution < 1.29 is 19.7 Å². The van der Waals surface area contributed by atoms with E-state index in [2.05, 4.69) is 9.97 Å². The third kappa shape index (κ3) is 3.40. The molecule has 1 saturated heterocycles. The number of rotatable bonds is 4. The third-order valence-electron chi connectivity index (χ3n) is 3.73. The Balaban J connectivity index is 1.78. The molecule has 1 aromatic carbocycles. The summed E-state index contributed by atoms with van der Waals surface area (Å²) in [5.74, 6) is 0.139. The molecule has 0 saturated carbocycles. The predicted octanol–water partition coefficient (Wildman–Crippen LogP) is 1.68. The topological polar surface area (TPSA) is 95.8 Å². The van der Waals surface area contributed by atoms with Crippen molar-refractivity contribution in [2.24, 2.45) is 0 Å². The minimum absolute atomic E-state index is 0.0445. The zero-order valence-electron chi connectivity index (χ0n) is 12.4. The van der Waals surface area contributed by atoms with Gasteiger partial charge >= 0.3 is 5.97 Å². The van der Waals surface area contributed by atoms with Crippen LogP contribution in [0, 0.1) is 0 Å². The van der Waals surface area contributed by atoms with E-state index in [4.69, 9.17) is 9.84 Å². The van der Waals surface area contributed by atoms with Crippen LogP contribution in [0.5, 0.6) is 11.6 Å². The molecule has 23 heavy (non-hydrogen) atoms. The van der Waals surface area contributed by atoms with Gasteiger partial charge in [0.25, 0.3) is 0 Å². The summed E-state index contributed by atoms with van der Waals surface area (Å²) in [5, 5.41) is 19.3. The first-order chi connectivity index (χ1) is 11.1. The van der Waals surface area contributed by atoms with Crippen LogP contribution in [-0.4, -0.2) is 44.8 Å². The predicted molar refractivity (Wildman–Crippen MR) is 82.6 cm³/mol. The summed E-state index contributed by atoms with van der Waals surface area (Å²) in [4.78, 5) is 21.3. The lowest BCUT2D eigenvalue weighted by atomic mass is 9.93. The normalized spacial score (nSPS) is 21.0. The van der Waals surface area contributed by atoms with Gasteiger partial charge in [0.15, 0.2) is 5.60 Å². The number of carbonyl (C=O) groups is 1. The molecule has 1 aliphatic rings. The maximum Gasteiger partial charge on any atom is 0.337 e. The standard InChI is InChI=1S/C16H17N3O4/c20-14(21)16(22)8-4-10-19(11-16)15-17-9-7-13(18-15)23-12-5-2-1-3-6-12/h1-3,5-7,9,22H,4,8,10-11H2,(H,20,21). The fraction of sp³-hybridized carbons (Fsp3) is 0.312. The Morgan fingerprint density at radius 2 is 2.04 bits per heavy atom. The number of carboxylic acid groups (broad SMARTS) is 1. The largest absolute Gasteiger partial charge is 0.479 e. The first-order valence-corrected chi connectivity index (χ1v) is 7.33. The molecule has 0 spiro atoms. The number of benzene rings is 1. The van der Waals surface area contributed by atoms with Crippen LogP contribution in [0.25, 0.3) is 0 Å². The van der Waals surface area contributed by atoms with Gasteiger partial charge in [-0.05, 0) is 25.0 Å². The average Bonchev–Trinajstić information content (AvgIpc) is 2.56. The summed E-state index contributed by atoms with van der Waals surface area (Å²) in [7, 11) is 0. The Kier molecular flexibility index (Phi) is 4.12. The second-order valence-corrected chi connectivity index (χ2v) is 5.47. The van der Waals surface area contributed by atoms with Gasteiger partial charge in [-0.1, -0.05) is 18.2 Å². The van der Waals surface area contributed by atoms with E-state index in [0.717, 1.165) is 0 Å². The van der Waals surface area contributed by atoms with Gasteiger partial charge in [-0.15, -0.1) is 0 Å². The van der Waals surface area contributed by atoms with Crippen LogP contribution < -0.4 is 9.64 Å². The van der Waals surface area contributed by atoms with E-state index in [1.54, 1.807) is 17.2 Å². The van der Waals surface area contributed by atoms with Crippen LogP contribution in [0.1, 0.15) is 12.8 Å². The van der Waals surface area contributed by atoms with Crippen LogP contribution in [0.4, 0.5) is 5.95 Å². The molecule has 0 aliphatic carbocycles. The number of carboxylic acids is 1. The van der Waals surface area contributed by atoms with Crippen molar-refractivity contribution in [3.05, 3.63) is 42.6 Å². The van der Waals surface area contributed by atoms with Crippen molar-refractivity contribution in [1.82, 2.24) is 9.97 Å². The molecule has 1 unspecified atom stereocenters. The monoisotopic (exact) mass is 315 g/mol. The van der Waals surface area contributed by atoms with Gasteiger partial charge in [0.1, 0.15) is 5.75 Å². The van der Waals surface area contributed by atoms with Gasteiger partial charge in [-0.25, -0.2) is 9.78 Å². The summed E-state index contributed by atoms with van der Waals surface area (Å²) in [5.41, 5.74) is -1.77. The Labute approximate surface area is 133 Å². The molecule has 1 fully saturated rings. The summed E-state index contributed by atoms with van der Waals surface area (Å²) in [6.07, 6.45) is 2.32. The molecule has 1 atom stereocenters. The molecule has 2 aromatic rings. The number of hydrogen-bond acceptors (Lipinski definition) is 6. The Morgan fingerprint density at radius 3 is 2.78 bits per heavy atom. The number of anilines is 1. The minimum atomic E-state index is -1.77. The molecule has 7 nitrogen and oxygen atoms in total. The van der Waals surface area contributed by atoms with Gasteiger partial charge in [-0.2, -0.15) is 4.98 Å². The SMILES string of the molecule is O=C(O)C1(O)CCCN(c2nccc(Oc3ccccc3)n2)C1. The maximum atomic E-state index is 11.2. The quantitative estimate of drug-likeness (QED) is 0.886. The van der Waals surface area contributed by atoms with Crippen molar-refractivity contribution in [3.63, 3.8) is 0 Å². The first-order valence-electron chi connectivity index (χ1n) is 7.33. The van der Waals surface area contributed by atoms with Gasteiger partial charge < -0.3 is 19.8 Å². The van der Waals surface area contributed by atoms with Crippen molar-refractivity contribution in [3.8, 4) is 11.6 Å². The fourth-order valence-corrected chi connectivity index (χ4v) is 2.53. The molecule has 1 aliphatic heterocycles. The second-order valence-electron chi connectivity index (χ2n) is 5.47. The van der Waals surface area contributed by atoms with E-state index in [0.29, 0.717) is 30.5 Å². The van der Waals surface area contributed by atoms with Crippen molar-refractivity contribution in [1.29, 1.82) is 0 Å². The fourth-order valence-electron chi connectivity index (χ4n) is 2.53. The van der Waals surface area contributed by atoms with Gasteiger partial charge in [0.05, 0.1) is 6.54 Å². The number of ether oxygens (including phenoxy) is 1. The molecule has 2 heterocycles. The highest BCUT2D eigenvalue weighted by atomic mass is 16.5. The van der Waals surface area contributed by atoms with Gasteiger partial charge in [0.2, 0.25) is 11.8 Å². The summed E-state index contributed by atoms with van der Waals surface area (Å²) in [6, 6.07) is 10.9. The third-order valence-corrected chi connectivity index (χ3v) is 3.73. The summed E-state index contributed by atoms with van der Waals surface area (Å²) in [6.45, 7) is 0.543. The highest BCUT2D eigenvalue weighted by molar-refractivity contribution is 5.78. The van der Waals surface area contributed by atoms with E-state index in [1.165, 1.54) is 0 Å². The number of aliphatic carboxylic acids is 1. The molecular weight excluding hydrogens is 298 g/mol.